The molecular formula is C34H34O14. The van der Waals surface area contributed by atoms with Gasteiger partial charge in [0.1, 0.15) is 5.76 Å². The standard InChI is InChI=1S/C34H34O14/c1-44-21-10-9-18-14-19-8-5-12-33-26(18)28(21)47-29(33)22(11-13-34(19,33)43)45-25(38)15-20(35)31(41)48-27(17-6-3-2-4-7-17)32(42)46-23(30(39)40)16-24(36)37/h2-4,6-7,9-11,19-20,23,27,29,35,43H,5,8,12-16H2,1H3,(H,36,37)(H,39,40)/t19-,20-,23+,27-,29+,33+,34-/m0/s1. The molecule has 0 amide bonds. The van der Waals surface area contributed by atoms with Crippen LogP contribution in [0.25, 0.3) is 0 Å². The highest BCUT2D eigenvalue weighted by atomic mass is 16.6. The van der Waals surface area contributed by atoms with Crippen LogP contribution in [0.3, 0.4) is 0 Å². The number of methoxy groups -OCH3 is 1. The van der Waals surface area contributed by atoms with Crippen molar-refractivity contribution >= 4 is 29.8 Å². The van der Waals surface area contributed by atoms with Gasteiger partial charge in [-0.1, -0.05) is 42.8 Å². The van der Waals surface area contributed by atoms with Gasteiger partial charge in [-0.3, -0.25) is 9.59 Å². The monoisotopic (exact) mass is 666 g/mol. The number of carboxylic acids is 2. The van der Waals surface area contributed by atoms with E-state index < -0.39 is 78.1 Å². The van der Waals surface area contributed by atoms with Crippen LogP contribution in [-0.2, 0) is 50.0 Å². The molecule has 7 atom stereocenters. The number of esters is 3. The summed E-state index contributed by atoms with van der Waals surface area (Å²) in [4.78, 5) is 61.5. The normalized spacial score (nSPS) is 26.4. The summed E-state index contributed by atoms with van der Waals surface area (Å²) >= 11 is 0. The zero-order valence-electron chi connectivity index (χ0n) is 25.8. The van der Waals surface area contributed by atoms with Crippen LogP contribution in [0.15, 0.2) is 54.3 Å². The second kappa shape index (κ2) is 12.6. The Morgan fingerprint density at radius 2 is 1.75 bits per heavy atom. The second-order valence-electron chi connectivity index (χ2n) is 12.4. The van der Waals surface area contributed by atoms with Crippen molar-refractivity contribution in [2.45, 2.75) is 80.4 Å². The van der Waals surface area contributed by atoms with Gasteiger partial charge in [-0.25, -0.2) is 14.4 Å². The molecule has 2 aromatic rings. The Labute approximate surface area is 273 Å². The van der Waals surface area contributed by atoms with Crippen molar-refractivity contribution < 1.29 is 68.1 Å². The Morgan fingerprint density at radius 3 is 2.44 bits per heavy atom. The molecule has 254 valence electrons. The highest BCUT2D eigenvalue weighted by molar-refractivity contribution is 5.87. The van der Waals surface area contributed by atoms with E-state index in [1.165, 1.54) is 31.4 Å². The summed E-state index contributed by atoms with van der Waals surface area (Å²) in [5, 5.41) is 41.1. The van der Waals surface area contributed by atoms with Gasteiger partial charge in [0.15, 0.2) is 23.7 Å². The lowest BCUT2D eigenvalue weighted by Gasteiger charge is -2.59. The molecule has 0 unspecified atom stereocenters. The molecule has 14 heteroatoms. The van der Waals surface area contributed by atoms with Crippen LogP contribution in [-0.4, -0.2) is 81.3 Å². The van der Waals surface area contributed by atoms with Gasteiger partial charge in [0.05, 0.1) is 31.0 Å². The van der Waals surface area contributed by atoms with E-state index in [2.05, 4.69) is 0 Å². The molecular weight excluding hydrogens is 632 g/mol. The Hall–Kier alpha value is -4.95. The van der Waals surface area contributed by atoms with Gasteiger partial charge >= 0.3 is 29.8 Å². The molecule has 0 aromatic heterocycles. The molecule has 2 bridgehead atoms. The molecule has 48 heavy (non-hydrogen) atoms. The van der Waals surface area contributed by atoms with Crippen molar-refractivity contribution in [3.05, 3.63) is 71.0 Å². The molecule has 0 saturated heterocycles. The number of ether oxygens (including phenoxy) is 5. The van der Waals surface area contributed by atoms with Crippen molar-refractivity contribution in [3.8, 4) is 11.5 Å². The number of aliphatic carboxylic acids is 2. The van der Waals surface area contributed by atoms with Crippen LogP contribution >= 0.6 is 0 Å². The molecule has 1 spiro atoms. The maximum absolute atomic E-state index is 13.2. The molecule has 1 heterocycles. The number of aliphatic hydroxyl groups excluding tert-OH is 1. The lowest BCUT2D eigenvalue weighted by molar-refractivity contribution is -0.183. The Morgan fingerprint density at radius 1 is 1.00 bits per heavy atom. The first-order valence-corrected chi connectivity index (χ1v) is 15.5. The number of hydrogen-bond donors (Lipinski definition) is 4. The number of aliphatic hydroxyl groups is 2. The second-order valence-corrected chi connectivity index (χ2v) is 12.4. The lowest BCUT2D eigenvalue weighted by atomic mass is 9.47. The van der Waals surface area contributed by atoms with E-state index in [9.17, 15) is 39.3 Å². The molecule has 4 aliphatic rings. The maximum Gasteiger partial charge on any atom is 0.353 e. The number of rotatable bonds is 12. The smallest absolute Gasteiger partial charge is 0.353 e. The van der Waals surface area contributed by atoms with Gasteiger partial charge in [0.25, 0.3) is 0 Å². The molecule has 1 aliphatic heterocycles. The van der Waals surface area contributed by atoms with E-state index in [0.29, 0.717) is 24.3 Å². The molecule has 0 radical (unpaired) electrons. The van der Waals surface area contributed by atoms with Crippen molar-refractivity contribution in [1.29, 1.82) is 0 Å². The Kier molecular flexibility index (Phi) is 8.64. The van der Waals surface area contributed by atoms with Gasteiger partial charge in [0.2, 0.25) is 12.2 Å². The molecule has 1 saturated carbocycles. The fraction of sp³-hybridized carbons (Fsp3) is 0.441. The fourth-order valence-electron chi connectivity index (χ4n) is 7.71. The van der Waals surface area contributed by atoms with E-state index in [4.69, 9.17) is 28.8 Å². The van der Waals surface area contributed by atoms with E-state index in [1.54, 1.807) is 12.1 Å². The Bertz CT molecular complexity index is 1680. The van der Waals surface area contributed by atoms with E-state index in [0.717, 1.165) is 24.0 Å². The van der Waals surface area contributed by atoms with Crippen LogP contribution in [0, 0.1) is 5.92 Å². The summed E-state index contributed by atoms with van der Waals surface area (Å²) in [5.74, 6) is -6.06. The van der Waals surface area contributed by atoms with Crippen LogP contribution in [0.1, 0.15) is 61.3 Å². The van der Waals surface area contributed by atoms with E-state index in [1.807, 2.05) is 12.1 Å². The molecule has 14 nitrogen and oxygen atoms in total. The minimum atomic E-state index is -2.12. The third-order valence-corrected chi connectivity index (χ3v) is 9.78. The minimum Gasteiger partial charge on any atom is -0.493 e. The predicted octanol–water partition coefficient (Wildman–Crippen LogP) is 2.12. The summed E-state index contributed by atoms with van der Waals surface area (Å²) in [5.41, 5.74) is -0.117. The van der Waals surface area contributed by atoms with Crippen molar-refractivity contribution in [2.24, 2.45) is 5.92 Å². The average Bonchev–Trinajstić information content (AvgIpc) is 3.39. The van der Waals surface area contributed by atoms with Gasteiger partial charge in [-0.15, -0.1) is 0 Å². The number of benzene rings is 2. The molecule has 3 aliphatic carbocycles. The maximum atomic E-state index is 13.2. The summed E-state index contributed by atoms with van der Waals surface area (Å²) in [6.07, 6.45) is -4.20. The third kappa shape index (κ3) is 5.44. The summed E-state index contributed by atoms with van der Waals surface area (Å²) < 4.78 is 27.7. The summed E-state index contributed by atoms with van der Waals surface area (Å²) in [7, 11) is 1.51. The van der Waals surface area contributed by atoms with Crippen molar-refractivity contribution in [1.82, 2.24) is 0 Å². The summed E-state index contributed by atoms with van der Waals surface area (Å²) in [6, 6.07) is 11.1. The van der Waals surface area contributed by atoms with Gasteiger partial charge in [-0.2, -0.15) is 0 Å². The number of carboxylic acid groups (broad SMARTS) is 2. The van der Waals surface area contributed by atoms with Crippen LogP contribution < -0.4 is 9.47 Å². The first-order chi connectivity index (χ1) is 22.9. The SMILES string of the molecule is COc1ccc2c3c1O[C@@H]1C(OC(=O)C[C@H](O)C(=O)O[C@H](C(=O)O[C@H](CC(=O)O)C(=O)O)c4ccccc4)=CC[C@]4(O)[C@@H](CCC[C@@]314)C2. The van der Waals surface area contributed by atoms with Crippen molar-refractivity contribution in [2.75, 3.05) is 7.11 Å². The van der Waals surface area contributed by atoms with E-state index in [-0.39, 0.29) is 23.7 Å². The molecule has 4 N–H and O–H groups in total. The predicted molar refractivity (Wildman–Crippen MR) is 160 cm³/mol. The van der Waals surface area contributed by atoms with Gasteiger partial charge < -0.3 is 44.1 Å². The topological polar surface area (TPSA) is 212 Å². The zero-order chi connectivity index (χ0) is 34.4. The molecule has 1 fully saturated rings. The third-order valence-electron chi connectivity index (χ3n) is 9.78. The quantitative estimate of drug-likeness (QED) is 0.189. The number of carbonyl (C=O) groups is 5. The van der Waals surface area contributed by atoms with E-state index >= 15 is 0 Å². The zero-order valence-corrected chi connectivity index (χ0v) is 25.8. The molecule has 6 rings (SSSR count). The fourth-order valence-corrected chi connectivity index (χ4v) is 7.71. The highest BCUT2D eigenvalue weighted by Crippen LogP contribution is 2.67. The van der Waals surface area contributed by atoms with Crippen LogP contribution in [0.4, 0.5) is 0 Å². The average molecular weight is 667 g/mol. The largest absolute Gasteiger partial charge is 0.493 e. The van der Waals surface area contributed by atoms with Crippen LogP contribution in [0.2, 0.25) is 0 Å². The Balaban J connectivity index is 1.17. The highest BCUT2D eigenvalue weighted by Gasteiger charge is 2.71. The minimum absolute atomic E-state index is 0.0338. The van der Waals surface area contributed by atoms with Gasteiger partial charge in [0, 0.05) is 11.1 Å². The van der Waals surface area contributed by atoms with Crippen LogP contribution in [0.5, 0.6) is 11.5 Å². The summed E-state index contributed by atoms with van der Waals surface area (Å²) in [6.45, 7) is 0. The van der Waals surface area contributed by atoms with Gasteiger partial charge in [-0.05, 0) is 49.3 Å². The lowest BCUT2D eigenvalue weighted by Crippen LogP contribution is -2.67. The first-order valence-electron chi connectivity index (χ1n) is 15.5. The van der Waals surface area contributed by atoms with Crippen molar-refractivity contribution in [3.63, 3.8) is 0 Å². The number of hydrogen-bond acceptors (Lipinski definition) is 12. The molecule has 2 aromatic carbocycles. The number of carbonyl (C=O) groups excluding carboxylic acids is 3. The first kappa shape index (κ1) is 33.0.